The summed E-state index contributed by atoms with van der Waals surface area (Å²) in [6.45, 7) is 15.5. The molecule has 8 atom stereocenters. The number of esters is 1. The van der Waals surface area contributed by atoms with Gasteiger partial charge in [-0.1, -0.05) is 85.8 Å². The summed E-state index contributed by atoms with van der Waals surface area (Å²) in [5, 5.41) is 0. The van der Waals surface area contributed by atoms with Crippen LogP contribution in [0.4, 0.5) is 0 Å². The minimum absolute atomic E-state index is 0.176. The Morgan fingerprint density at radius 2 is 1.80 bits per heavy atom. The number of Topliss-reactive ketones (excluding diaryl/α,β-unsaturated/α-hetero) is 1. The molecule has 4 aliphatic rings. The molecular formula is C32H54O3. The first-order valence-corrected chi connectivity index (χ1v) is 15.0. The van der Waals surface area contributed by atoms with Crippen LogP contribution in [0.25, 0.3) is 0 Å². The molecule has 0 spiro atoms. The van der Waals surface area contributed by atoms with Crippen molar-refractivity contribution in [2.75, 3.05) is 6.61 Å². The minimum Gasteiger partial charge on any atom is -0.461 e. The molecular weight excluding hydrogens is 432 g/mol. The van der Waals surface area contributed by atoms with Crippen molar-refractivity contribution in [2.24, 2.45) is 46.3 Å². The maximum Gasteiger partial charge on any atom is 0.305 e. The maximum absolute atomic E-state index is 13.4. The first kappa shape index (κ1) is 28.5. The van der Waals surface area contributed by atoms with Crippen molar-refractivity contribution in [1.29, 1.82) is 0 Å². The average molecular weight is 487 g/mol. The second-order valence-corrected chi connectivity index (χ2v) is 12.9. The predicted octanol–water partition coefficient (Wildman–Crippen LogP) is 8.56. The molecule has 0 N–H and O–H groups in total. The number of hydrogen-bond acceptors (Lipinski definition) is 3. The van der Waals surface area contributed by atoms with Crippen LogP contribution in [-0.4, -0.2) is 18.4 Å². The zero-order valence-corrected chi connectivity index (χ0v) is 23.6. The fourth-order valence-electron chi connectivity index (χ4n) is 9.11. The molecule has 3 nitrogen and oxygen atoms in total. The van der Waals surface area contributed by atoms with E-state index >= 15 is 0 Å². The summed E-state index contributed by atoms with van der Waals surface area (Å²) in [6, 6.07) is 0. The molecule has 35 heavy (non-hydrogen) atoms. The number of fused-ring (bicyclic) bond motifs is 5. The van der Waals surface area contributed by atoms with E-state index in [0.717, 1.165) is 18.3 Å². The highest BCUT2D eigenvalue weighted by molar-refractivity contribution is 5.83. The largest absolute Gasteiger partial charge is 0.461 e. The van der Waals surface area contributed by atoms with Crippen molar-refractivity contribution < 1.29 is 14.3 Å². The second-order valence-electron chi connectivity index (χ2n) is 12.9. The SMILES string of the molecule is C=CCOC(=O)CC.CCCCCC(C)[C@H]1CC[C@H]2[C@@H]3C(=O)CC4CCCC[C@]4(C)[C@H]3CC[C@]12C. The van der Waals surface area contributed by atoms with Crippen molar-refractivity contribution in [3.8, 4) is 0 Å². The molecule has 4 saturated carbocycles. The molecule has 4 rings (SSSR count). The van der Waals surface area contributed by atoms with Crippen molar-refractivity contribution in [1.82, 2.24) is 0 Å². The smallest absolute Gasteiger partial charge is 0.305 e. The monoisotopic (exact) mass is 486 g/mol. The lowest BCUT2D eigenvalue weighted by Crippen LogP contribution is -2.56. The van der Waals surface area contributed by atoms with Gasteiger partial charge in [0.05, 0.1) is 0 Å². The number of ether oxygens (including phenoxy) is 1. The number of rotatable bonds is 8. The Hall–Kier alpha value is -1.12. The van der Waals surface area contributed by atoms with E-state index in [4.69, 9.17) is 0 Å². The van der Waals surface area contributed by atoms with Gasteiger partial charge in [-0.3, -0.25) is 9.59 Å². The van der Waals surface area contributed by atoms with Crippen LogP contribution in [0.3, 0.4) is 0 Å². The van der Waals surface area contributed by atoms with Crippen molar-refractivity contribution in [3.05, 3.63) is 12.7 Å². The Morgan fingerprint density at radius 1 is 1.06 bits per heavy atom. The van der Waals surface area contributed by atoms with Gasteiger partial charge < -0.3 is 4.74 Å². The van der Waals surface area contributed by atoms with Crippen LogP contribution in [0.2, 0.25) is 0 Å². The van der Waals surface area contributed by atoms with Gasteiger partial charge in [0, 0.05) is 18.8 Å². The Bertz CT molecular complexity index is 728. The van der Waals surface area contributed by atoms with Crippen LogP contribution in [-0.2, 0) is 14.3 Å². The van der Waals surface area contributed by atoms with E-state index < -0.39 is 0 Å². The first-order valence-electron chi connectivity index (χ1n) is 15.0. The summed E-state index contributed by atoms with van der Waals surface area (Å²) >= 11 is 0. The van der Waals surface area contributed by atoms with Gasteiger partial charge in [0.2, 0.25) is 0 Å². The molecule has 2 unspecified atom stereocenters. The first-order chi connectivity index (χ1) is 16.7. The molecule has 200 valence electrons. The summed E-state index contributed by atoms with van der Waals surface area (Å²) in [4.78, 5) is 23.7. The summed E-state index contributed by atoms with van der Waals surface area (Å²) in [6.07, 6.45) is 19.4. The van der Waals surface area contributed by atoms with E-state index in [-0.39, 0.29) is 5.97 Å². The molecule has 0 amide bonds. The Morgan fingerprint density at radius 3 is 2.49 bits per heavy atom. The van der Waals surface area contributed by atoms with Crippen molar-refractivity contribution >= 4 is 11.8 Å². The molecule has 0 radical (unpaired) electrons. The van der Waals surface area contributed by atoms with E-state index in [9.17, 15) is 9.59 Å². The van der Waals surface area contributed by atoms with Crippen LogP contribution in [0.1, 0.15) is 125 Å². The molecule has 3 heteroatoms. The average Bonchev–Trinajstić information content (AvgIpc) is 3.20. The predicted molar refractivity (Wildman–Crippen MR) is 145 cm³/mol. The summed E-state index contributed by atoms with van der Waals surface area (Å²) in [5.41, 5.74) is 0.920. The van der Waals surface area contributed by atoms with Crippen LogP contribution in [0.5, 0.6) is 0 Å². The van der Waals surface area contributed by atoms with E-state index in [0.29, 0.717) is 53.3 Å². The number of carbonyl (C=O) groups is 2. The molecule has 4 fully saturated rings. The third-order valence-electron chi connectivity index (χ3n) is 11.1. The van der Waals surface area contributed by atoms with Gasteiger partial charge in [-0.05, 0) is 78.9 Å². The van der Waals surface area contributed by atoms with Crippen LogP contribution in [0.15, 0.2) is 12.7 Å². The number of hydrogen-bond donors (Lipinski definition) is 0. The second kappa shape index (κ2) is 12.4. The molecule has 0 saturated heterocycles. The van der Waals surface area contributed by atoms with Crippen LogP contribution in [0, 0.1) is 46.3 Å². The lowest BCUT2D eigenvalue weighted by molar-refractivity contribution is -0.156. The zero-order valence-electron chi connectivity index (χ0n) is 23.6. The Balaban J connectivity index is 0.000000371. The molecule has 0 aromatic heterocycles. The van der Waals surface area contributed by atoms with E-state index in [1.54, 1.807) is 13.0 Å². The highest BCUT2D eigenvalue weighted by atomic mass is 16.5. The maximum atomic E-state index is 13.4. The van der Waals surface area contributed by atoms with Gasteiger partial charge in [0.1, 0.15) is 12.4 Å². The molecule has 0 heterocycles. The summed E-state index contributed by atoms with van der Waals surface area (Å²) in [5.74, 6) is 4.73. The minimum atomic E-state index is -0.176. The molecule has 0 aromatic rings. The molecule has 0 bridgehead atoms. The van der Waals surface area contributed by atoms with Gasteiger partial charge >= 0.3 is 5.97 Å². The van der Waals surface area contributed by atoms with Gasteiger partial charge in [0.15, 0.2) is 0 Å². The number of carbonyl (C=O) groups excluding carboxylic acids is 2. The lowest BCUT2D eigenvalue weighted by atomic mass is 9.44. The standard InChI is InChI=1S/C26H44O.C6H10O2/c1-5-6-7-10-18(2)20-12-13-21-24-22(14-16-26(20,21)4)25(3)15-9-8-11-19(25)17-23(24)27;1-3-5-8-6(7)4-2/h18-22,24H,5-17H2,1-4H3;3H,1,4-5H2,2H3/t18?,19?,20-,21+,22+,24+,25+,26-;/m1./s1. The number of ketones is 1. The van der Waals surface area contributed by atoms with E-state index in [1.165, 1.54) is 77.0 Å². The highest BCUT2D eigenvalue weighted by Crippen LogP contribution is 2.67. The van der Waals surface area contributed by atoms with Crippen LogP contribution < -0.4 is 0 Å². The fourth-order valence-corrected chi connectivity index (χ4v) is 9.11. The molecule has 0 aromatic carbocycles. The van der Waals surface area contributed by atoms with Gasteiger partial charge in [-0.2, -0.15) is 0 Å². The third-order valence-corrected chi connectivity index (χ3v) is 11.1. The third kappa shape index (κ3) is 5.90. The van der Waals surface area contributed by atoms with Gasteiger partial charge in [-0.25, -0.2) is 0 Å². The fraction of sp³-hybridized carbons (Fsp3) is 0.875. The summed E-state index contributed by atoms with van der Waals surface area (Å²) in [7, 11) is 0. The zero-order chi connectivity index (χ0) is 25.6. The topological polar surface area (TPSA) is 43.4 Å². The van der Waals surface area contributed by atoms with Gasteiger partial charge in [-0.15, -0.1) is 0 Å². The van der Waals surface area contributed by atoms with Crippen LogP contribution >= 0.6 is 0 Å². The Kier molecular flexibility index (Phi) is 10.1. The lowest BCUT2D eigenvalue weighted by Gasteiger charge is -2.60. The molecule has 4 aliphatic carbocycles. The Labute approximate surface area is 216 Å². The van der Waals surface area contributed by atoms with Crippen molar-refractivity contribution in [3.63, 3.8) is 0 Å². The molecule has 0 aliphatic heterocycles. The van der Waals surface area contributed by atoms with E-state index in [2.05, 4.69) is 39.0 Å². The number of unbranched alkanes of at least 4 members (excludes halogenated alkanes) is 2. The van der Waals surface area contributed by atoms with Crippen molar-refractivity contribution in [2.45, 2.75) is 125 Å². The van der Waals surface area contributed by atoms with Gasteiger partial charge in [0.25, 0.3) is 0 Å². The quantitative estimate of drug-likeness (QED) is 0.196. The normalized spacial score (nSPS) is 38.8. The van der Waals surface area contributed by atoms with E-state index in [1.807, 2.05) is 0 Å². The highest BCUT2D eigenvalue weighted by Gasteiger charge is 2.62. The summed E-state index contributed by atoms with van der Waals surface area (Å²) < 4.78 is 4.58.